The number of nitrogens with zero attached hydrogens (tertiary/aromatic N) is 1. The zero-order chi connectivity index (χ0) is 24.8. The summed E-state index contributed by atoms with van der Waals surface area (Å²) < 4.78 is 5.46. The van der Waals surface area contributed by atoms with Crippen LogP contribution in [0, 0.1) is 6.92 Å². The molecule has 184 valence electrons. The Labute approximate surface area is 201 Å². The van der Waals surface area contributed by atoms with Gasteiger partial charge in [0.25, 0.3) is 0 Å². The number of carbonyl (C=O) groups is 3. The minimum absolute atomic E-state index is 0.216. The molecule has 0 radical (unpaired) electrons. The molecule has 1 unspecified atom stereocenters. The zero-order valence-corrected chi connectivity index (χ0v) is 20.9. The third kappa shape index (κ3) is 8.51. The lowest BCUT2D eigenvalue weighted by atomic mass is 9.97. The predicted molar refractivity (Wildman–Crippen MR) is 127 cm³/mol. The van der Waals surface area contributed by atoms with Crippen molar-refractivity contribution < 1.29 is 24.2 Å². The van der Waals surface area contributed by atoms with E-state index in [4.69, 9.17) is 16.3 Å². The number of nitrogens with one attached hydrogen (secondary N) is 2. The van der Waals surface area contributed by atoms with Gasteiger partial charge in [0.2, 0.25) is 11.8 Å². The highest BCUT2D eigenvalue weighted by atomic mass is 35.5. The van der Waals surface area contributed by atoms with E-state index in [1.54, 1.807) is 26.8 Å². The van der Waals surface area contributed by atoms with Gasteiger partial charge in [0.1, 0.15) is 11.6 Å². The number of likely N-dealkylation sites (N-methyl/N-ethyl adjacent to an activating group) is 1. The Hall–Kier alpha value is -2.32. The van der Waals surface area contributed by atoms with Crippen LogP contribution in [0.5, 0.6) is 0 Å². The summed E-state index contributed by atoms with van der Waals surface area (Å²) in [5.41, 5.74) is 1.02. The molecular weight excluding hydrogens is 446 g/mol. The van der Waals surface area contributed by atoms with Crippen LogP contribution in [0.3, 0.4) is 0 Å². The minimum Gasteiger partial charge on any atom is -0.444 e. The monoisotopic (exact) mass is 481 g/mol. The molecule has 1 saturated heterocycles. The van der Waals surface area contributed by atoms with Gasteiger partial charge >= 0.3 is 6.09 Å². The minimum atomic E-state index is -1.18. The van der Waals surface area contributed by atoms with Crippen LogP contribution >= 0.6 is 11.6 Å². The zero-order valence-electron chi connectivity index (χ0n) is 20.1. The van der Waals surface area contributed by atoms with Crippen molar-refractivity contribution in [1.82, 2.24) is 15.5 Å². The molecule has 1 heterocycles. The van der Waals surface area contributed by atoms with E-state index in [-0.39, 0.29) is 18.7 Å². The van der Waals surface area contributed by atoms with Gasteiger partial charge in [-0.05, 0) is 70.6 Å². The molecule has 3 atom stereocenters. The fourth-order valence-electron chi connectivity index (χ4n) is 3.66. The fourth-order valence-corrected chi connectivity index (χ4v) is 3.86. The Morgan fingerprint density at radius 1 is 1.33 bits per heavy atom. The van der Waals surface area contributed by atoms with E-state index in [1.807, 2.05) is 19.1 Å². The number of benzene rings is 1. The first-order valence-electron chi connectivity index (χ1n) is 11.3. The number of rotatable bonds is 7. The average Bonchev–Trinajstić information content (AvgIpc) is 2.91. The number of aryl methyl sites for hydroxylation is 1. The van der Waals surface area contributed by atoms with Gasteiger partial charge in [-0.25, -0.2) is 4.79 Å². The van der Waals surface area contributed by atoms with Gasteiger partial charge in [-0.15, -0.1) is 0 Å². The second kappa shape index (κ2) is 11.7. The average molecular weight is 482 g/mol. The lowest BCUT2D eigenvalue weighted by molar-refractivity contribution is -0.130. The van der Waals surface area contributed by atoms with Crippen LogP contribution in [0.25, 0.3) is 0 Å². The number of carbonyl (C=O) groups excluding carboxylic acids is 3. The number of amides is 3. The van der Waals surface area contributed by atoms with Crippen LogP contribution in [0.15, 0.2) is 18.2 Å². The van der Waals surface area contributed by atoms with Crippen molar-refractivity contribution in [2.45, 2.75) is 83.6 Å². The van der Waals surface area contributed by atoms with Gasteiger partial charge in [0.15, 0.2) is 0 Å². The number of hydrogen-bond acceptors (Lipinski definition) is 5. The molecule has 1 fully saturated rings. The highest BCUT2D eigenvalue weighted by molar-refractivity contribution is 6.31. The van der Waals surface area contributed by atoms with E-state index in [1.165, 1.54) is 11.9 Å². The van der Waals surface area contributed by atoms with E-state index in [0.717, 1.165) is 24.0 Å². The molecule has 0 aliphatic carbocycles. The molecule has 1 aliphatic rings. The molecule has 1 aliphatic heterocycles. The third-order valence-electron chi connectivity index (χ3n) is 5.57. The standard InChI is InChI=1S/C24H36ClN3O5/c1-15-9-10-16(12-17(15)25)13-19(28(5)23(32)33-24(2,3)4)20(29)14-21(30)27-18-8-6-7-11-26-22(18)31/h9-10,12,18-20,29H,6-8,11,13-14H2,1-5H3,(H,26,31)(H,27,30)/t18?,19-,20-/m1/s1. The lowest BCUT2D eigenvalue weighted by Gasteiger charge is -2.33. The van der Waals surface area contributed by atoms with Gasteiger partial charge in [-0.2, -0.15) is 0 Å². The smallest absolute Gasteiger partial charge is 0.410 e. The number of aliphatic hydroxyl groups is 1. The van der Waals surface area contributed by atoms with Crippen LogP contribution in [-0.4, -0.2) is 65.3 Å². The van der Waals surface area contributed by atoms with Crippen molar-refractivity contribution in [2.24, 2.45) is 0 Å². The summed E-state index contributed by atoms with van der Waals surface area (Å²) in [6.07, 6.45) is 0.462. The maximum absolute atomic E-state index is 12.7. The molecule has 2 rings (SSSR count). The van der Waals surface area contributed by atoms with E-state index in [9.17, 15) is 19.5 Å². The summed E-state index contributed by atoms with van der Waals surface area (Å²) in [5, 5.41) is 17.1. The van der Waals surface area contributed by atoms with Gasteiger partial charge < -0.3 is 25.4 Å². The van der Waals surface area contributed by atoms with E-state index >= 15 is 0 Å². The lowest BCUT2D eigenvalue weighted by Crippen LogP contribution is -2.51. The second-order valence-electron chi connectivity index (χ2n) is 9.62. The summed E-state index contributed by atoms with van der Waals surface area (Å²) >= 11 is 6.26. The molecule has 1 aromatic rings. The molecule has 33 heavy (non-hydrogen) atoms. The molecular formula is C24H36ClN3O5. The van der Waals surface area contributed by atoms with Gasteiger partial charge in [-0.1, -0.05) is 23.7 Å². The Morgan fingerprint density at radius 3 is 2.67 bits per heavy atom. The topological polar surface area (TPSA) is 108 Å². The first-order valence-corrected chi connectivity index (χ1v) is 11.7. The molecule has 3 N–H and O–H groups in total. The first-order chi connectivity index (χ1) is 15.4. The van der Waals surface area contributed by atoms with Crippen molar-refractivity contribution in [3.63, 3.8) is 0 Å². The summed E-state index contributed by atoms with van der Waals surface area (Å²) in [7, 11) is 1.54. The fraction of sp³-hybridized carbons (Fsp3) is 0.625. The molecule has 0 bridgehead atoms. The van der Waals surface area contributed by atoms with Crippen LogP contribution in [-0.2, 0) is 20.7 Å². The van der Waals surface area contributed by atoms with Crippen molar-refractivity contribution in [3.05, 3.63) is 34.3 Å². The first kappa shape index (κ1) is 26.9. The van der Waals surface area contributed by atoms with Crippen LogP contribution in [0.1, 0.15) is 57.6 Å². The SMILES string of the molecule is Cc1ccc(C[C@H]([C@H](O)CC(=O)NC2CCCCNC2=O)N(C)C(=O)OC(C)(C)C)cc1Cl. The Morgan fingerprint density at radius 2 is 2.03 bits per heavy atom. The van der Waals surface area contributed by atoms with Crippen molar-refractivity contribution in [3.8, 4) is 0 Å². The predicted octanol–water partition coefficient (Wildman–Crippen LogP) is 2.96. The Kier molecular flexibility index (Phi) is 9.55. The third-order valence-corrected chi connectivity index (χ3v) is 5.98. The molecule has 9 heteroatoms. The number of aliphatic hydroxyl groups excluding tert-OH is 1. The molecule has 3 amide bonds. The van der Waals surface area contributed by atoms with E-state index in [0.29, 0.717) is 18.0 Å². The van der Waals surface area contributed by atoms with Crippen LogP contribution < -0.4 is 10.6 Å². The van der Waals surface area contributed by atoms with Gasteiger partial charge in [0, 0.05) is 18.6 Å². The van der Waals surface area contributed by atoms with E-state index in [2.05, 4.69) is 10.6 Å². The summed E-state index contributed by atoms with van der Waals surface area (Å²) in [4.78, 5) is 38.8. The molecule has 0 spiro atoms. The van der Waals surface area contributed by atoms with Crippen LogP contribution in [0.4, 0.5) is 4.79 Å². The summed E-state index contributed by atoms with van der Waals surface area (Å²) in [6, 6.07) is 4.17. The van der Waals surface area contributed by atoms with Crippen LogP contribution in [0.2, 0.25) is 5.02 Å². The van der Waals surface area contributed by atoms with Crippen molar-refractivity contribution in [1.29, 1.82) is 0 Å². The Balaban J connectivity index is 2.15. The second-order valence-corrected chi connectivity index (χ2v) is 10.0. The molecule has 8 nitrogen and oxygen atoms in total. The summed E-state index contributed by atoms with van der Waals surface area (Å²) in [6.45, 7) is 7.76. The van der Waals surface area contributed by atoms with Crippen molar-refractivity contribution >= 4 is 29.5 Å². The number of ether oxygens (including phenoxy) is 1. The van der Waals surface area contributed by atoms with E-state index < -0.39 is 35.8 Å². The van der Waals surface area contributed by atoms with Gasteiger partial charge in [0.05, 0.1) is 18.6 Å². The molecule has 0 aromatic heterocycles. The maximum atomic E-state index is 12.7. The molecule has 0 saturated carbocycles. The highest BCUT2D eigenvalue weighted by Gasteiger charge is 2.32. The number of hydrogen-bond donors (Lipinski definition) is 3. The Bertz CT molecular complexity index is 855. The normalized spacial score (nSPS) is 18.5. The quantitative estimate of drug-likeness (QED) is 0.555. The highest BCUT2D eigenvalue weighted by Crippen LogP contribution is 2.22. The largest absolute Gasteiger partial charge is 0.444 e. The van der Waals surface area contributed by atoms with Crippen molar-refractivity contribution in [2.75, 3.05) is 13.6 Å². The maximum Gasteiger partial charge on any atom is 0.410 e. The summed E-state index contributed by atoms with van der Waals surface area (Å²) in [5.74, 6) is -0.666. The molecule has 1 aromatic carbocycles. The van der Waals surface area contributed by atoms with Gasteiger partial charge in [-0.3, -0.25) is 9.59 Å². The number of halogens is 1.